The summed E-state index contributed by atoms with van der Waals surface area (Å²) in [5.74, 6) is -2.48. The number of methoxy groups -OCH3 is 3. The molecule has 0 fully saturated rings. The normalized spacial score (nSPS) is 12.5. The maximum absolute atomic E-state index is 13.7. The van der Waals surface area contributed by atoms with Crippen LogP contribution < -0.4 is 14.2 Å². The number of phenolic OH excluding ortho intramolecular Hbond substituents is 1. The van der Waals surface area contributed by atoms with Crippen molar-refractivity contribution in [2.24, 2.45) is 0 Å². The van der Waals surface area contributed by atoms with Crippen LogP contribution in [0.3, 0.4) is 0 Å². The van der Waals surface area contributed by atoms with Crippen molar-refractivity contribution in [3.05, 3.63) is 299 Å². The summed E-state index contributed by atoms with van der Waals surface area (Å²) in [6.45, 7) is 8.61. The molecule has 24 heteroatoms. The fourth-order valence-electron chi connectivity index (χ4n) is 12.1. The highest BCUT2D eigenvalue weighted by Crippen LogP contribution is 2.35. The molecule has 0 saturated heterocycles. The number of sulfone groups is 4. The molecule has 0 amide bonds. The molecular weight excluding hydrogens is 1530 g/mol. The van der Waals surface area contributed by atoms with Gasteiger partial charge in [-0.25, -0.2) is 33.7 Å². The Bertz CT molecular complexity index is 4750. The molecule has 0 aliphatic carbocycles. The van der Waals surface area contributed by atoms with E-state index in [1.165, 1.54) is 45.6 Å². The smallest absolute Gasteiger partial charge is 0.327 e. The van der Waals surface area contributed by atoms with E-state index in [2.05, 4.69) is 9.47 Å². The molecule has 0 saturated carbocycles. The van der Waals surface area contributed by atoms with E-state index in [1.54, 1.807) is 104 Å². The second kappa shape index (κ2) is 49.5. The number of carbonyl (C=O) groups is 4. The van der Waals surface area contributed by atoms with Crippen molar-refractivity contribution in [1.29, 1.82) is 0 Å². The summed E-state index contributed by atoms with van der Waals surface area (Å²) in [5.41, 5.74) is 6.88. The molecule has 0 aliphatic heterocycles. The van der Waals surface area contributed by atoms with Crippen molar-refractivity contribution in [3.8, 4) is 23.0 Å². The topological polar surface area (TPSA) is 301 Å². The van der Waals surface area contributed by atoms with E-state index in [0.29, 0.717) is 90.6 Å². The molecule has 0 aromatic heterocycles. The Kier molecular flexibility index (Phi) is 43.4. The molecule has 9 aromatic carbocycles. The minimum atomic E-state index is -4.01. The predicted octanol–water partition coefficient (Wildman–Crippen LogP) is 17.9. The van der Waals surface area contributed by atoms with E-state index in [-0.39, 0.29) is 97.0 Å². The van der Waals surface area contributed by atoms with E-state index in [1.807, 2.05) is 148 Å². The summed E-state index contributed by atoms with van der Waals surface area (Å²) in [7, 11) is -11.5. The monoisotopic (exact) mass is 1640 g/mol. The van der Waals surface area contributed by atoms with Crippen LogP contribution in [0.5, 0.6) is 23.0 Å². The van der Waals surface area contributed by atoms with Gasteiger partial charge in [0.05, 0.1) is 44.3 Å². The van der Waals surface area contributed by atoms with Crippen LogP contribution >= 0.6 is 0 Å². The third kappa shape index (κ3) is 30.3. The molecule has 620 valence electrons. The molecule has 0 spiro atoms. The van der Waals surface area contributed by atoms with Crippen LogP contribution in [-0.2, 0) is 128 Å². The molecule has 2 N–H and O–H groups in total. The first-order valence-corrected chi connectivity index (χ1v) is 42.8. The Labute approximate surface area is 677 Å². The summed E-state index contributed by atoms with van der Waals surface area (Å²) >= 11 is 0. The molecule has 0 radical (unpaired) electrons. The number of aromatic hydroxyl groups is 1. The van der Waals surface area contributed by atoms with E-state index >= 15 is 0 Å². The highest BCUT2D eigenvalue weighted by molar-refractivity contribution is 7.93. The van der Waals surface area contributed by atoms with Gasteiger partial charge in [-0.1, -0.05) is 283 Å². The van der Waals surface area contributed by atoms with Gasteiger partial charge in [0.25, 0.3) is 0 Å². The van der Waals surface area contributed by atoms with E-state index in [4.69, 9.17) is 24.1 Å². The molecule has 9 rings (SSSR count). The van der Waals surface area contributed by atoms with E-state index in [9.17, 15) is 58.0 Å². The average Bonchev–Trinajstić information content (AvgIpc) is 0.761. The molecule has 9 aromatic rings. The second-order valence-corrected chi connectivity index (χ2v) is 35.2. The van der Waals surface area contributed by atoms with Gasteiger partial charge in [0.1, 0.15) is 42.8 Å². The Morgan fingerprint density at radius 1 is 0.333 bits per heavy atom. The Morgan fingerprint density at radius 2 is 0.596 bits per heavy atom. The first-order valence-electron chi connectivity index (χ1n) is 36.1. The number of carboxylic acid groups (broad SMARTS) is 1. The predicted molar refractivity (Wildman–Crippen MR) is 454 cm³/mol. The Morgan fingerprint density at radius 3 is 0.868 bits per heavy atom. The minimum Gasteiger partial charge on any atom is -0.508 e. The van der Waals surface area contributed by atoms with Gasteiger partial charge in [-0.15, -0.1) is 0 Å². The molecular formula is C90H116O20S4. The summed E-state index contributed by atoms with van der Waals surface area (Å²) in [5, 5.41) is 17.0. The minimum absolute atomic E-state index is 0. The summed E-state index contributed by atoms with van der Waals surface area (Å²) in [6.07, 6.45) is 2.91. The molecule has 0 bridgehead atoms. The highest BCUT2D eigenvalue weighted by atomic mass is 32.2. The van der Waals surface area contributed by atoms with Gasteiger partial charge < -0.3 is 38.6 Å². The molecule has 0 aliphatic rings. The zero-order chi connectivity index (χ0) is 80.2. The highest BCUT2D eigenvalue weighted by Gasteiger charge is 2.52. The van der Waals surface area contributed by atoms with E-state index < -0.39 is 83.2 Å². The fraction of sp³-hybridized carbons (Fsp3) is 0.356. The lowest BCUT2D eigenvalue weighted by Crippen LogP contribution is -2.49. The maximum atomic E-state index is 13.7. The number of ether oxygens (including phenoxy) is 6. The van der Waals surface area contributed by atoms with Crippen molar-refractivity contribution in [1.82, 2.24) is 0 Å². The van der Waals surface area contributed by atoms with Crippen molar-refractivity contribution >= 4 is 63.2 Å². The standard InChI is InChI=1S/C27H30O5S.C26H28O5S.C20H24O5S.C13H18O5S.4CH4/c1-3-18-27(26(28)31-2,19-22-10-6-4-7-11-22)33(29,30)21-24-14-16-25(17-15-24)32-20-23-12-8-5-9-13-23;1-2-17-26(25(27)28,18-21-9-5-3-6-10-21)32(29,30)20-23-13-15-24(16-14-23)31-19-22-11-7-4-8-12-22;1-3-7-19(20(21)24-2)26(22,23)15-17-10-12-18(13-11-17)25-14-16-8-5-4-6-9-16;1-3-4-12(13(15)18-2)19(16,17)9-10-5-7-11(14)8-6-10;;;;/h4-17H,3,18-21H2,1-2H3;3-16H,2,17-20H2,1H3,(H,27,28);4-6,8-13,19H,3,7,14-15H2,1-2H3;5-8,12,14H,3-4,9H2,1-2H3;4*1H4. The summed E-state index contributed by atoms with van der Waals surface area (Å²) < 4.78 is 132. The quantitative estimate of drug-likeness (QED) is 0.0270. The van der Waals surface area contributed by atoms with Crippen molar-refractivity contribution < 1.29 is 91.5 Å². The number of aliphatic carboxylic acids is 1. The van der Waals surface area contributed by atoms with Gasteiger partial charge >= 0.3 is 23.9 Å². The van der Waals surface area contributed by atoms with Gasteiger partial charge in [0.15, 0.2) is 59.3 Å². The number of benzene rings is 9. The van der Waals surface area contributed by atoms with Gasteiger partial charge in [0.2, 0.25) is 0 Å². The largest absolute Gasteiger partial charge is 0.508 e. The third-order valence-electron chi connectivity index (χ3n) is 17.9. The zero-order valence-electron chi connectivity index (χ0n) is 63.2. The summed E-state index contributed by atoms with van der Waals surface area (Å²) in [6, 6.07) is 74.0. The van der Waals surface area contributed by atoms with Crippen LogP contribution in [-0.4, -0.2) is 109 Å². The molecule has 0 heterocycles. The molecule has 114 heavy (non-hydrogen) atoms. The van der Waals surface area contributed by atoms with Crippen molar-refractivity contribution in [2.75, 3.05) is 21.3 Å². The maximum Gasteiger partial charge on any atom is 0.327 e. The average molecular weight is 1650 g/mol. The van der Waals surface area contributed by atoms with Crippen LogP contribution in [0.25, 0.3) is 0 Å². The Balaban J connectivity index is 0.000000519. The third-order valence-corrected chi connectivity index (χ3v) is 26.8. The van der Waals surface area contributed by atoms with Crippen molar-refractivity contribution in [3.63, 3.8) is 0 Å². The number of esters is 3. The fourth-order valence-corrected chi connectivity index (χ4v) is 20.0. The number of hydrogen-bond acceptors (Lipinski definition) is 19. The van der Waals surface area contributed by atoms with Crippen LogP contribution in [0, 0.1) is 0 Å². The van der Waals surface area contributed by atoms with Crippen molar-refractivity contribution in [2.45, 2.75) is 184 Å². The van der Waals surface area contributed by atoms with Crippen LogP contribution in [0.15, 0.2) is 249 Å². The summed E-state index contributed by atoms with van der Waals surface area (Å²) in [4.78, 5) is 48.6. The Hall–Kier alpha value is -10.1. The van der Waals surface area contributed by atoms with Crippen LogP contribution in [0.1, 0.15) is 159 Å². The molecule has 4 unspecified atom stereocenters. The zero-order valence-corrected chi connectivity index (χ0v) is 66.5. The lowest BCUT2D eigenvalue weighted by Gasteiger charge is -2.30. The molecule has 4 atom stereocenters. The number of carbonyl (C=O) groups excluding carboxylic acids is 3. The van der Waals surface area contributed by atoms with E-state index in [0.717, 1.165) is 22.3 Å². The lowest BCUT2D eigenvalue weighted by molar-refractivity contribution is -0.144. The number of carboxylic acids is 1. The lowest BCUT2D eigenvalue weighted by atomic mass is 9.94. The first kappa shape index (κ1) is 99.9. The van der Waals surface area contributed by atoms with Gasteiger partial charge in [-0.05, 0) is 124 Å². The molecule has 20 nitrogen and oxygen atoms in total. The van der Waals surface area contributed by atoms with Gasteiger partial charge in [-0.2, -0.15) is 0 Å². The first-order chi connectivity index (χ1) is 52.6. The van der Waals surface area contributed by atoms with Gasteiger partial charge in [-0.3, -0.25) is 19.2 Å². The van der Waals surface area contributed by atoms with Crippen LogP contribution in [0.2, 0.25) is 0 Å². The number of rotatable bonds is 37. The number of hydrogen-bond donors (Lipinski definition) is 2. The van der Waals surface area contributed by atoms with Gasteiger partial charge in [0, 0.05) is 12.8 Å². The second-order valence-electron chi connectivity index (χ2n) is 26.3. The number of phenols is 1. The van der Waals surface area contributed by atoms with Crippen LogP contribution in [0.4, 0.5) is 0 Å². The SMILES string of the molecule is C.C.C.C.CCCC(C(=O)OC)S(=O)(=O)Cc1ccc(O)cc1.CCCC(C(=O)OC)S(=O)(=O)Cc1ccc(OCc2ccccc2)cc1.CCCC(Cc1ccccc1)(C(=O)O)S(=O)(=O)Cc1ccc(OCc2ccccc2)cc1.CCCC(Cc1ccccc1)(C(=O)OC)S(=O)(=O)Cc1ccc(OCc2ccccc2)cc1.